The Morgan fingerprint density at radius 2 is 2.10 bits per heavy atom. The second-order valence-corrected chi connectivity index (χ2v) is 5.51. The molecule has 1 amide bonds. The molecule has 0 saturated heterocycles. The van der Waals surface area contributed by atoms with Crippen molar-refractivity contribution in [2.24, 2.45) is 0 Å². The lowest BCUT2D eigenvalue weighted by molar-refractivity contribution is 0.0529. The molecule has 0 bridgehead atoms. The van der Waals surface area contributed by atoms with Crippen LogP contribution >= 0.6 is 0 Å². The Hall–Kier alpha value is -2.04. The summed E-state index contributed by atoms with van der Waals surface area (Å²) in [6, 6.07) is 4.64. The minimum Gasteiger partial charge on any atom is -0.494 e. The van der Waals surface area contributed by atoms with Gasteiger partial charge in [0.1, 0.15) is 5.60 Å². The molecule has 1 N–H and O–H groups in total. The number of hydrogen-bond acceptors (Lipinski definition) is 3. The molecule has 1 aromatic rings. The van der Waals surface area contributed by atoms with Gasteiger partial charge in [0, 0.05) is 6.54 Å². The molecule has 1 aromatic carbocycles. The second kappa shape index (κ2) is 7.67. The fourth-order valence-electron chi connectivity index (χ4n) is 1.57. The van der Waals surface area contributed by atoms with Crippen molar-refractivity contribution in [1.82, 2.24) is 5.32 Å². The predicted octanol–water partition coefficient (Wildman–Crippen LogP) is 3.76. The number of carbonyl (C=O) groups is 1. The maximum atomic E-state index is 13.2. The summed E-state index contributed by atoms with van der Waals surface area (Å²) in [7, 11) is 1.43. The van der Waals surface area contributed by atoms with Crippen LogP contribution in [0.2, 0.25) is 0 Å². The van der Waals surface area contributed by atoms with Gasteiger partial charge in [-0.3, -0.25) is 0 Å². The van der Waals surface area contributed by atoms with Crippen LogP contribution in [0.4, 0.5) is 9.18 Å². The van der Waals surface area contributed by atoms with Gasteiger partial charge in [0.15, 0.2) is 11.6 Å². The van der Waals surface area contributed by atoms with Gasteiger partial charge in [0.2, 0.25) is 0 Å². The summed E-state index contributed by atoms with van der Waals surface area (Å²) >= 11 is 0. The van der Waals surface area contributed by atoms with Crippen molar-refractivity contribution in [1.29, 1.82) is 0 Å². The molecule has 0 heterocycles. The van der Waals surface area contributed by atoms with E-state index in [-0.39, 0.29) is 11.6 Å². The van der Waals surface area contributed by atoms with Crippen LogP contribution in [0.15, 0.2) is 24.3 Å². The maximum absolute atomic E-state index is 13.2. The summed E-state index contributed by atoms with van der Waals surface area (Å²) in [5.74, 6) is -0.176. The van der Waals surface area contributed by atoms with Crippen molar-refractivity contribution in [3.8, 4) is 5.75 Å². The molecule has 0 aliphatic carbocycles. The molecule has 0 spiro atoms. The Labute approximate surface area is 124 Å². The van der Waals surface area contributed by atoms with E-state index >= 15 is 0 Å². The first-order valence-corrected chi connectivity index (χ1v) is 6.79. The summed E-state index contributed by atoms with van der Waals surface area (Å²) in [4.78, 5) is 11.4. The monoisotopic (exact) mass is 295 g/mol. The van der Waals surface area contributed by atoms with E-state index < -0.39 is 11.7 Å². The van der Waals surface area contributed by atoms with Gasteiger partial charge in [-0.05, 0) is 44.9 Å². The number of halogens is 1. The van der Waals surface area contributed by atoms with Gasteiger partial charge >= 0.3 is 6.09 Å². The van der Waals surface area contributed by atoms with Crippen LogP contribution in [0.5, 0.6) is 5.75 Å². The molecule has 0 saturated carbocycles. The first kappa shape index (κ1) is 17.0. The molecule has 116 valence electrons. The normalized spacial score (nSPS) is 11.5. The van der Waals surface area contributed by atoms with Crippen LogP contribution in [0.25, 0.3) is 6.08 Å². The smallest absolute Gasteiger partial charge is 0.407 e. The zero-order valence-corrected chi connectivity index (χ0v) is 12.9. The standard InChI is InChI=1S/C16H22FNO3/c1-16(2,3)21-15(19)18-10-6-5-7-12-8-9-13(17)14(11-12)20-4/h5,7-9,11H,6,10H2,1-4H3,(H,18,19). The fraction of sp³-hybridized carbons (Fsp3) is 0.438. The Morgan fingerprint density at radius 1 is 1.38 bits per heavy atom. The van der Waals surface area contributed by atoms with Gasteiger partial charge in [-0.15, -0.1) is 0 Å². The van der Waals surface area contributed by atoms with E-state index in [4.69, 9.17) is 9.47 Å². The number of ether oxygens (including phenoxy) is 2. The second-order valence-electron chi connectivity index (χ2n) is 5.51. The molecule has 0 unspecified atom stereocenters. The van der Waals surface area contributed by atoms with E-state index in [2.05, 4.69) is 5.32 Å². The SMILES string of the molecule is COc1cc(C=CCCNC(=O)OC(C)(C)C)ccc1F. The number of methoxy groups -OCH3 is 1. The third-order valence-corrected chi connectivity index (χ3v) is 2.46. The van der Waals surface area contributed by atoms with Crippen LogP contribution in [-0.4, -0.2) is 25.3 Å². The number of carbonyl (C=O) groups excluding carboxylic acids is 1. The van der Waals surface area contributed by atoms with Crippen LogP contribution < -0.4 is 10.1 Å². The molecule has 0 aromatic heterocycles. The first-order chi connectivity index (χ1) is 9.81. The highest BCUT2D eigenvalue weighted by Crippen LogP contribution is 2.19. The van der Waals surface area contributed by atoms with Crippen LogP contribution in [0.3, 0.4) is 0 Å². The van der Waals surface area contributed by atoms with Gasteiger partial charge in [0.25, 0.3) is 0 Å². The number of hydrogen-bond donors (Lipinski definition) is 1. The average molecular weight is 295 g/mol. The highest BCUT2D eigenvalue weighted by atomic mass is 19.1. The van der Waals surface area contributed by atoms with Gasteiger partial charge < -0.3 is 14.8 Å². The molecule has 0 aliphatic heterocycles. The molecular weight excluding hydrogens is 273 g/mol. The third-order valence-electron chi connectivity index (χ3n) is 2.46. The van der Waals surface area contributed by atoms with Gasteiger partial charge in [-0.1, -0.05) is 18.2 Å². The molecule has 4 nitrogen and oxygen atoms in total. The molecule has 5 heteroatoms. The number of nitrogens with one attached hydrogen (secondary N) is 1. The lowest BCUT2D eigenvalue weighted by Gasteiger charge is -2.19. The van der Waals surface area contributed by atoms with Crippen molar-refractivity contribution in [2.45, 2.75) is 32.8 Å². The Morgan fingerprint density at radius 3 is 2.71 bits per heavy atom. The lowest BCUT2D eigenvalue weighted by Crippen LogP contribution is -2.32. The molecule has 0 radical (unpaired) electrons. The third kappa shape index (κ3) is 6.79. The van der Waals surface area contributed by atoms with E-state index in [1.54, 1.807) is 12.1 Å². The highest BCUT2D eigenvalue weighted by molar-refractivity contribution is 5.67. The van der Waals surface area contributed by atoms with Crippen molar-refractivity contribution in [2.75, 3.05) is 13.7 Å². The number of amides is 1. The van der Waals surface area contributed by atoms with Crippen LogP contribution in [-0.2, 0) is 4.74 Å². The molecular formula is C16H22FNO3. The van der Waals surface area contributed by atoms with Crippen molar-refractivity contribution in [3.63, 3.8) is 0 Å². The first-order valence-electron chi connectivity index (χ1n) is 6.79. The van der Waals surface area contributed by atoms with E-state index in [9.17, 15) is 9.18 Å². The maximum Gasteiger partial charge on any atom is 0.407 e. The largest absolute Gasteiger partial charge is 0.494 e. The van der Waals surface area contributed by atoms with E-state index in [0.29, 0.717) is 13.0 Å². The number of alkyl carbamates (subject to hydrolysis) is 1. The molecule has 0 fully saturated rings. The number of rotatable bonds is 5. The van der Waals surface area contributed by atoms with Crippen molar-refractivity contribution < 1.29 is 18.7 Å². The topological polar surface area (TPSA) is 47.6 Å². The van der Waals surface area contributed by atoms with E-state index in [0.717, 1.165) is 5.56 Å². The highest BCUT2D eigenvalue weighted by Gasteiger charge is 2.15. The van der Waals surface area contributed by atoms with Crippen molar-refractivity contribution in [3.05, 3.63) is 35.7 Å². The van der Waals surface area contributed by atoms with Crippen LogP contribution in [0.1, 0.15) is 32.8 Å². The average Bonchev–Trinajstić information content (AvgIpc) is 2.38. The molecule has 0 aliphatic rings. The fourth-order valence-corrected chi connectivity index (χ4v) is 1.57. The summed E-state index contributed by atoms with van der Waals surface area (Å²) < 4.78 is 23.2. The van der Waals surface area contributed by atoms with Gasteiger partial charge in [0.05, 0.1) is 7.11 Å². The van der Waals surface area contributed by atoms with Crippen LogP contribution in [0, 0.1) is 5.82 Å². The molecule has 21 heavy (non-hydrogen) atoms. The Balaban J connectivity index is 2.37. The predicted molar refractivity (Wildman–Crippen MR) is 80.8 cm³/mol. The summed E-state index contributed by atoms with van der Waals surface area (Å²) in [5, 5.41) is 2.66. The van der Waals surface area contributed by atoms with E-state index in [1.807, 2.05) is 32.9 Å². The summed E-state index contributed by atoms with van der Waals surface area (Å²) in [6.07, 6.45) is 3.96. The Bertz CT molecular complexity index is 507. The lowest BCUT2D eigenvalue weighted by atomic mass is 10.2. The number of benzene rings is 1. The quantitative estimate of drug-likeness (QED) is 0.841. The molecule has 1 rings (SSSR count). The van der Waals surface area contributed by atoms with Crippen molar-refractivity contribution >= 4 is 12.2 Å². The Kier molecular flexibility index (Phi) is 6.21. The molecule has 0 atom stereocenters. The zero-order valence-electron chi connectivity index (χ0n) is 12.9. The summed E-state index contributed by atoms with van der Waals surface area (Å²) in [6.45, 7) is 5.92. The minimum atomic E-state index is -0.495. The summed E-state index contributed by atoms with van der Waals surface area (Å²) in [5.41, 5.74) is 0.343. The van der Waals surface area contributed by atoms with Gasteiger partial charge in [-0.2, -0.15) is 0 Å². The van der Waals surface area contributed by atoms with Gasteiger partial charge in [-0.25, -0.2) is 9.18 Å². The zero-order chi connectivity index (χ0) is 15.9. The minimum absolute atomic E-state index is 0.212. The van der Waals surface area contributed by atoms with E-state index in [1.165, 1.54) is 13.2 Å².